The minimum atomic E-state index is -1.47. The molecule has 0 aromatic heterocycles. The number of benzene rings is 2. The zero-order valence-electron chi connectivity index (χ0n) is 13.4. The van der Waals surface area contributed by atoms with Crippen LogP contribution in [0.4, 0.5) is 11.4 Å². The number of anilines is 1. The number of esters is 1. The quantitative estimate of drug-likeness (QED) is 0.413. The molecule has 0 amide bonds. The summed E-state index contributed by atoms with van der Waals surface area (Å²) in [6, 6.07) is 12.0. The van der Waals surface area contributed by atoms with Gasteiger partial charge in [-0.1, -0.05) is 28.1 Å². The van der Waals surface area contributed by atoms with Gasteiger partial charge in [0.15, 0.2) is 6.10 Å². The molecule has 2 atom stereocenters. The van der Waals surface area contributed by atoms with Gasteiger partial charge in [-0.3, -0.25) is 10.1 Å². The van der Waals surface area contributed by atoms with Crippen molar-refractivity contribution < 1.29 is 19.6 Å². The molecule has 25 heavy (non-hydrogen) atoms. The first kappa shape index (κ1) is 18.9. The lowest BCUT2D eigenvalue weighted by Crippen LogP contribution is -2.34. The van der Waals surface area contributed by atoms with Gasteiger partial charge in [-0.05, 0) is 36.8 Å². The van der Waals surface area contributed by atoms with Gasteiger partial charge in [0.25, 0.3) is 5.69 Å². The molecule has 0 spiro atoms. The van der Waals surface area contributed by atoms with Crippen LogP contribution in [-0.4, -0.2) is 28.7 Å². The Morgan fingerprint density at radius 1 is 1.24 bits per heavy atom. The third kappa shape index (κ3) is 5.01. The summed E-state index contributed by atoms with van der Waals surface area (Å²) in [5.41, 5.74) is 1.13. The zero-order valence-corrected chi connectivity index (χ0v) is 15.0. The summed E-state index contributed by atoms with van der Waals surface area (Å²) in [6.45, 7) is 1.79. The van der Waals surface area contributed by atoms with Crippen LogP contribution in [0.1, 0.15) is 18.5 Å². The third-order valence-corrected chi connectivity index (χ3v) is 4.00. The SMILES string of the molecule is CCOC(=O)C(O)C(Nc1ccc(Br)cc1)c1ccc([N+](=O)[O-])cc1. The molecule has 0 aliphatic carbocycles. The van der Waals surface area contributed by atoms with Crippen molar-refractivity contribution in [1.29, 1.82) is 0 Å². The van der Waals surface area contributed by atoms with Gasteiger partial charge in [0.2, 0.25) is 0 Å². The Labute approximate surface area is 152 Å². The van der Waals surface area contributed by atoms with E-state index < -0.39 is 23.0 Å². The number of nitrogens with zero attached hydrogens (tertiary/aromatic N) is 1. The van der Waals surface area contributed by atoms with Crippen LogP contribution in [0.2, 0.25) is 0 Å². The van der Waals surface area contributed by atoms with Gasteiger partial charge in [-0.15, -0.1) is 0 Å². The molecule has 0 fully saturated rings. The molecular weight excluding hydrogens is 392 g/mol. The van der Waals surface area contributed by atoms with Crippen molar-refractivity contribution >= 4 is 33.3 Å². The van der Waals surface area contributed by atoms with Crippen LogP contribution in [0.25, 0.3) is 0 Å². The Morgan fingerprint density at radius 3 is 2.36 bits per heavy atom. The summed E-state index contributed by atoms with van der Waals surface area (Å²) in [5.74, 6) is -0.768. The van der Waals surface area contributed by atoms with Crippen molar-refractivity contribution in [3.63, 3.8) is 0 Å². The lowest BCUT2D eigenvalue weighted by molar-refractivity contribution is -0.384. The summed E-state index contributed by atoms with van der Waals surface area (Å²) >= 11 is 3.34. The number of rotatable bonds is 7. The van der Waals surface area contributed by atoms with Crippen LogP contribution in [0.3, 0.4) is 0 Å². The van der Waals surface area contributed by atoms with E-state index in [0.717, 1.165) is 4.47 Å². The highest BCUT2D eigenvalue weighted by atomic mass is 79.9. The number of hydrogen-bond acceptors (Lipinski definition) is 6. The predicted molar refractivity (Wildman–Crippen MR) is 96.2 cm³/mol. The smallest absolute Gasteiger partial charge is 0.337 e. The Balaban J connectivity index is 2.31. The first-order chi connectivity index (χ1) is 11.9. The van der Waals surface area contributed by atoms with E-state index in [1.807, 2.05) is 12.1 Å². The molecule has 2 N–H and O–H groups in total. The second kappa shape index (κ2) is 8.59. The molecule has 2 unspecified atom stereocenters. The average molecular weight is 409 g/mol. The molecule has 0 radical (unpaired) electrons. The molecule has 0 saturated heterocycles. The van der Waals surface area contributed by atoms with Crippen molar-refractivity contribution in [2.75, 3.05) is 11.9 Å². The van der Waals surface area contributed by atoms with Crippen LogP contribution in [0, 0.1) is 10.1 Å². The van der Waals surface area contributed by atoms with E-state index in [4.69, 9.17) is 4.74 Å². The number of non-ortho nitro benzene ring substituents is 1. The van der Waals surface area contributed by atoms with Crippen molar-refractivity contribution in [2.24, 2.45) is 0 Å². The summed E-state index contributed by atoms with van der Waals surface area (Å²) in [4.78, 5) is 22.2. The lowest BCUT2D eigenvalue weighted by atomic mass is 10.0. The van der Waals surface area contributed by atoms with Crippen LogP contribution >= 0.6 is 15.9 Å². The molecule has 0 aliphatic heterocycles. The maximum absolute atomic E-state index is 11.9. The number of aliphatic hydroxyl groups excluding tert-OH is 1. The van der Waals surface area contributed by atoms with Gasteiger partial charge >= 0.3 is 5.97 Å². The van der Waals surface area contributed by atoms with Crippen LogP contribution in [0.15, 0.2) is 53.0 Å². The zero-order chi connectivity index (χ0) is 18.4. The standard InChI is InChI=1S/C17H17BrN2O5/c1-2-25-17(22)16(21)15(19-13-7-5-12(18)6-8-13)11-3-9-14(10-4-11)20(23)24/h3-10,15-16,19,21H,2H2,1H3. The van der Waals surface area contributed by atoms with E-state index >= 15 is 0 Å². The third-order valence-electron chi connectivity index (χ3n) is 3.47. The fourth-order valence-electron chi connectivity index (χ4n) is 2.24. The van der Waals surface area contributed by atoms with E-state index in [2.05, 4.69) is 21.2 Å². The minimum Gasteiger partial charge on any atom is -0.464 e. The maximum atomic E-state index is 11.9. The highest BCUT2D eigenvalue weighted by Crippen LogP contribution is 2.26. The first-order valence-corrected chi connectivity index (χ1v) is 8.33. The monoisotopic (exact) mass is 408 g/mol. The van der Waals surface area contributed by atoms with Crippen LogP contribution in [-0.2, 0) is 9.53 Å². The van der Waals surface area contributed by atoms with Gasteiger partial charge in [-0.25, -0.2) is 4.79 Å². The number of halogens is 1. The van der Waals surface area contributed by atoms with Gasteiger partial charge in [-0.2, -0.15) is 0 Å². The first-order valence-electron chi connectivity index (χ1n) is 7.53. The number of hydrogen-bond donors (Lipinski definition) is 2. The van der Waals surface area contributed by atoms with Crippen molar-refractivity contribution in [1.82, 2.24) is 0 Å². The topological polar surface area (TPSA) is 102 Å². The summed E-state index contributed by atoms with van der Waals surface area (Å²) < 4.78 is 5.77. The molecule has 0 heterocycles. The van der Waals surface area contributed by atoms with E-state index in [1.165, 1.54) is 24.3 Å². The average Bonchev–Trinajstić information content (AvgIpc) is 2.61. The number of aliphatic hydroxyl groups is 1. The molecule has 8 heteroatoms. The van der Waals surface area contributed by atoms with Crippen LogP contribution < -0.4 is 5.32 Å². The number of carbonyl (C=O) groups excluding carboxylic acids is 1. The van der Waals surface area contributed by atoms with Crippen molar-refractivity contribution in [3.8, 4) is 0 Å². The second-order valence-electron chi connectivity index (χ2n) is 5.17. The lowest BCUT2D eigenvalue weighted by Gasteiger charge is -2.24. The van der Waals surface area contributed by atoms with Gasteiger partial charge in [0.05, 0.1) is 17.6 Å². The molecule has 7 nitrogen and oxygen atoms in total. The number of nitrogens with one attached hydrogen (secondary N) is 1. The van der Waals surface area contributed by atoms with Crippen molar-refractivity contribution in [2.45, 2.75) is 19.1 Å². The summed E-state index contributed by atoms with van der Waals surface area (Å²) in [6.07, 6.45) is -1.47. The molecule has 0 aliphatic rings. The van der Waals surface area contributed by atoms with E-state index in [9.17, 15) is 20.0 Å². The van der Waals surface area contributed by atoms with Crippen molar-refractivity contribution in [3.05, 3.63) is 68.7 Å². The Kier molecular flexibility index (Phi) is 6.49. The molecule has 2 aromatic carbocycles. The van der Waals surface area contributed by atoms with E-state index in [1.54, 1.807) is 19.1 Å². The van der Waals surface area contributed by atoms with E-state index in [0.29, 0.717) is 11.3 Å². The Morgan fingerprint density at radius 2 is 1.84 bits per heavy atom. The summed E-state index contributed by atoms with van der Waals surface area (Å²) in [5, 5.41) is 24.2. The van der Waals surface area contributed by atoms with Gasteiger partial charge in [0, 0.05) is 22.3 Å². The van der Waals surface area contributed by atoms with Crippen LogP contribution in [0.5, 0.6) is 0 Å². The highest BCUT2D eigenvalue weighted by Gasteiger charge is 2.29. The number of nitro benzene ring substituents is 1. The molecule has 2 rings (SSSR count). The second-order valence-corrected chi connectivity index (χ2v) is 6.09. The van der Waals surface area contributed by atoms with Gasteiger partial charge in [0.1, 0.15) is 0 Å². The predicted octanol–water partition coefficient (Wildman–Crippen LogP) is 3.43. The molecular formula is C17H17BrN2O5. The minimum absolute atomic E-state index is 0.0724. The molecule has 2 aromatic rings. The van der Waals surface area contributed by atoms with Gasteiger partial charge < -0.3 is 15.2 Å². The fraction of sp³-hybridized carbons (Fsp3) is 0.235. The fourth-order valence-corrected chi connectivity index (χ4v) is 2.50. The largest absolute Gasteiger partial charge is 0.464 e. The summed E-state index contributed by atoms with van der Waals surface area (Å²) in [7, 11) is 0. The number of carbonyl (C=O) groups is 1. The maximum Gasteiger partial charge on any atom is 0.337 e. The molecule has 132 valence electrons. The number of ether oxygens (including phenoxy) is 1. The van der Waals surface area contributed by atoms with E-state index in [-0.39, 0.29) is 12.3 Å². The highest BCUT2D eigenvalue weighted by molar-refractivity contribution is 9.10. The normalized spacial score (nSPS) is 12.9. The Bertz CT molecular complexity index is 734. The molecule has 0 saturated carbocycles. The Hall–Kier alpha value is -2.45. The molecule has 0 bridgehead atoms. The number of nitro groups is 1.